The average molecular weight is 549 g/mol. The summed E-state index contributed by atoms with van der Waals surface area (Å²) in [6.45, 7) is 7.05. The monoisotopic (exact) mass is 548 g/mol. The molecule has 7 heteroatoms. The van der Waals surface area contributed by atoms with E-state index >= 15 is 0 Å². The van der Waals surface area contributed by atoms with Gasteiger partial charge in [-0.2, -0.15) is 0 Å². The van der Waals surface area contributed by atoms with Crippen LogP contribution in [-0.2, 0) is 16.2 Å². The summed E-state index contributed by atoms with van der Waals surface area (Å²) in [6.07, 6.45) is 3.45. The molecule has 5 rings (SSSR count). The van der Waals surface area contributed by atoms with Gasteiger partial charge < -0.3 is 9.47 Å². The molecule has 7 nitrogen and oxygen atoms in total. The first kappa shape index (κ1) is 27.6. The highest BCUT2D eigenvalue weighted by atomic mass is 16.5. The molecule has 4 aromatic carbocycles. The number of benzene rings is 4. The van der Waals surface area contributed by atoms with Crippen molar-refractivity contribution in [1.82, 2.24) is 5.32 Å². The number of aryl methyl sites for hydroxylation is 2. The van der Waals surface area contributed by atoms with Crippen LogP contribution in [0.25, 0.3) is 16.8 Å². The Morgan fingerprint density at radius 2 is 1.59 bits per heavy atom. The fraction of sp³-hybridized carbons (Fsp3) is 0.206. The maximum atomic E-state index is 13.7. The number of nitrogens with zero attached hydrogens (tertiary/aromatic N) is 1. The molecule has 0 aromatic heterocycles. The molecule has 1 aliphatic heterocycles. The number of carbonyl (C=O) groups excluding carboxylic acids is 3. The first-order valence-corrected chi connectivity index (χ1v) is 13.7. The van der Waals surface area contributed by atoms with Crippen molar-refractivity contribution in [3.05, 3.63) is 107 Å². The zero-order valence-electron chi connectivity index (χ0n) is 23.4. The Bertz CT molecular complexity index is 1640. The summed E-state index contributed by atoms with van der Waals surface area (Å²) in [6, 6.07) is 23.5. The van der Waals surface area contributed by atoms with Crippen molar-refractivity contribution in [2.75, 3.05) is 11.5 Å². The van der Waals surface area contributed by atoms with Gasteiger partial charge in [0.25, 0.3) is 11.8 Å². The molecule has 1 N–H and O–H groups in total. The third-order valence-corrected chi connectivity index (χ3v) is 6.86. The van der Waals surface area contributed by atoms with Crippen molar-refractivity contribution in [3.8, 4) is 11.5 Å². The van der Waals surface area contributed by atoms with E-state index in [-0.39, 0.29) is 5.57 Å². The number of fused-ring (bicyclic) bond motifs is 1. The zero-order valence-corrected chi connectivity index (χ0v) is 23.4. The van der Waals surface area contributed by atoms with Gasteiger partial charge >= 0.3 is 6.03 Å². The topological polar surface area (TPSA) is 84.9 Å². The number of amides is 4. The minimum absolute atomic E-state index is 0.166. The smallest absolute Gasteiger partial charge is 0.335 e. The van der Waals surface area contributed by atoms with Gasteiger partial charge in [-0.1, -0.05) is 73.0 Å². The van der Waals surface area contributed by atoms with Crippen LogP contribution in [0.2, 0.25) is 0 Å². The van der Waals surface area contributed by atoms with E-state index < -0.39 is 17.8 Å². The number of imide groups is 2. The Kier molecular flexibility index (Phi) is 8.15. The molecule has 0 radical (unpaired) electrons. The van der Waals surface area contributed by atoms with Crippen LogP contribution in [0.3, 0.4) is 0 Å². The van der Waals surface area contributed by atoms with E-state index in [0.29, 0.717) is 36.0 Å². The molecule has 1 aliphatic rings. The van der Waals surface area contributed by atoms with E-state index in [1.807, 2.05) is 50.2 Å². The molecule has 4 amide bonds. The summed E-state index contributed by atoms with van der Waals surface area (Å²) in [4.78, 5) is 40.4. The first-order chi connectivity index (χ1) is 19.8. The van der Waals surface area contributed by atoms with E-state index in [0.717, 1.165) is 45.2 Å². The van der Waals surface area contributed by atoms with Crippen molar-refractivity contribution in [1.29, 1.82) is 0 Å². The van der Waals surface area contributed by atoms with Crippen LogP contribution in [0.1, 0.15) is 42.0 Å². The van der Waals surface area contributed by atoms with E-state index in [9.17, 15) is 14.4 Å². The van der Waals surface area contributed by atoms with Gasteiger partial charge in [0.2, 0.25) is 0 Å². The highest BCUT2D eigenvalue weighted by Gasteiger charge is 2.37. The summed E-state index contributed by atoms with van der Waals surface area (Å²) < 4.78 is 12.0. The van der Waals surface area contributed by atoms with Gasteiger partial charge in [-0.3, -0.25) is 14.9 Å². The molecule has 0 spiro atoms. The summed E-state index contributed by atoms with van der Waals surface area (Å²) >= 11 is 0. The molecule has 4 aromatic rings. The summed E-state index contributed by atoms with van der Waals surface area (Å²) in [5.41, 5.74) is 4.04. The van der Waals surface area contributed by atoms with Crippen molar-refractivity contribution < 1.29 is 23.9 Å². The predicted octanol–water partition coefficient (Wildman–Crippen LogP) is 6.88. The molecule has 0 bridgehead atoms. The summed E-state index contributed by atoms with van der Waals surface area (Å²) in [7, 11) is 0. The number of rotatable bonds is 9. The molecule has 0 aliphatic carbocycles. The van der Waals surface area contributed by atoms with Crippen LogP contribution in [0.15, 0.2) is 84.4 Å². The van der Waals surface area contributed by atoms with Crippen LogP contribution < -0.4 is 19.7 Å². The first-order valence-electron chi connectivity index (χ1n) is 13.7. The quantitative estimate of drug-likeness (QED) is 0.140. The summed E-state index contributed by atoms with van der Waals surface area (Å²) in [5, 5.41) is 4.05. The van der Waals surface area contributed by atoms with Crippen LogP contribution >= 0.6 is 0 Å². The number of urea groups is 1. The maximum Gasteiger partial charge on any atom is 0.335 e. The number of barbiturate groups is 1. The van der Waals surface area contributed by atoms with E-state index in [2.05, 4.69) is 30.4 Å². The molecule has 0 atom stereocenters. The normalized spacial score (nSPS) is 14.5. The van der Waals surface area contributed by atoms with Crippen LogP contribution in [0, 0.1) is 13.8 Å². The van der Waals surface area contributed by atoms with E-state index in [1.165, 1.54) is 6.08 Å². The van der Waals surface area contributed by atoms with Crippen LogP contribution in [-0.4, -0.2) is 24.5 Å². The van der Waals surface area contributed by atoms with Gasteiger partial charge in [-0.25, -0.2) is 9.69 Å². The van der Waals surface area contributed by atoms with Crippen molar-refractivity contribution >= 4 is 40.4 Å². The zero-order chi connectivity index (χ0) is 28.9. The van der Waals surface area contributed by atoms with Gasteiger partial charge in [0.15, 0.2) is 0 Å². The third-order valence-electron chi connectivity index (χ3n) is 6.86. The van der Waals surface area contributed by atoms with Crippen molar-refractivity contribution in [2.24, 2.45) is 0 Å². The Labute approximate surface area is 239 Å². The number of carbonyl (C=O) groups is 3. The molecular weight excluding hydrogens is 516 g/mol. The van der Waals surface area contributed by atoms with Gasteiger partial charge in [0.05, 0.1) is 12.3 Å². The van der Waals surface area contributed by atoms with Crippen molar-refractivity contribution in [3.63, 3.8) is 0 Å². The van der Waals surface area contributed by atoms with Gasteiger partial charge in [0, 0.05) is 5.56 Å². The standard InChI is InChI=1S/C34H32N2O5/c1-4-5-16-40-27-13-11-26(12-14-27)36-33(38)30(32(37)35-34(36)39)20-29-28-9-7-6-8-25(28)10-15-31(29)41-21-24-18-22(2)17-23(3)19-24/h6-15,17-20H,4-5,16,21H2,1-3H3,(H,35,37,39)/b30-20-. The highest BCUT2D eigenvalue weighted by Crippen LogP contribution is 2.33. The molecule has 1 heterocycles. The molecule has 0 saturated carbocycles. The second-order valence-electron chi connectivity index (χ2n) is 10.1. The SMILES string of the molecule is CCCCOc1ccc(N2C(=O)NC(=O)/C(=C/c3c(OCc4cc(C)cc(C)c4)ccc4ccccc34)C2=O)cc1. The number of hydrogen-bond donors (Lipinski definition) is 1. The van der Waals surface area contributed by atoms with Gasteiger partial charge in [0.1, 0.15) is 23.7 Å². The lowest BCUT2D eigenvalue weighted by atomic mass is 9.99. The minimum atomic E-state index is -0.805. The molecule has 0 unspecified atom stereocenters. The molecule has 41 heavy (non-hydrogen) atoms. The fourth-order valence-electron chi connectivity index (χ4n) is 4.93. The third kappa shape index (κ3) is 6.14. The molecule has 208 valence electrons. The fourth-order valence-corrected chi connectivity index (χ4v) is 4.93. The minimum Gasteiger partial charge on any atom is -0.494 e. The molecular formula is C34H32N2O5. The Morgan fingerprint density at radius 3 is 2.32 bits per heavy atom. The van der Waals surface area contributed by atoms with Crippen LogP contribution in [0.4, 0.5) is 10.5 Å². The summed E-state index contributed by atoms with van der Waals surface area (Å²) in [5.74, 6) is -0.316. The number of anilines is 1. The van der Waals surface area contributed by atoms with E-state index in [4.69, 9.17) is 9.47 Å². The van der Waals surface area contributed by atoms with Crippen molar-refractivity contribution in [2.45, 2.75) is 40.2 Å². The Morgan fingerprint density at radius 1 is 0.854 bits per heavy atom. The number of unbranched alkanes of at least 4 members (excludes halogenated alkanes) is 1. The lowest BCUT2D eigenvalue weighted by molar-refractivity contribution is -0.122. The Hall–Kier alpha value is -4.91. The second-order valence-corrected chi connectivity index (χ2v) is 10.1. The number of nitrogens with one attached hydrogen (secondary N) is 1. The van der Waals surface area contributed by atoms with Gasteiger partial charge in [-0.15, -0.1) is 0 Å². The number of ether oxygens (including phenoxy) is 2. The lowest BCUT2D eigenvalue weighted by Gasteiger charge is -2.26. The van der Waals surface area contributed by atoms with Gasteiger partial charge in [-0.05, 0) is 73.0 Å². The predicted molar refractivity (Wildman–Crippen MR) is 160 cm³/mol. The second kappa shape index (κ2) is 12.1. The van der Waals surface area contributed by atoms with E-state index in [1.54, 1.807) is 24.3 Å². The average Bonchev–Trinajstić information content (AvgIpc) is 2.95. The lowest BCUT2D eigenvalue weighted by Crippen LogP contribution is -2.54. The maximum absolute atomic E-state index is 13.7. The highest BCUT2D eigenvalue weighted by molar-refractivity contribution is 6.39. The largest absolute Gasteiger partial charge is 0.494 e. The molecule has 1 saturated heterocycles. The van der Waals surface area contributed by atoms with Crippen LogP contribution in [0.5, 0.6) is 11.5 Å². The molecule has 1 fully saturated rings. The Balaban J connectivity index is 1.50. The number of hydrogen-bond acceptors (Lipinski definition) is 5.